The molecule has 0 aromatic heterocycles. The van der Waals surface area contributed by atoms with Crippen molar-refractivity contribution in [1.29, 1.82) is 0 Å². The molecule has 1 heterocycles. The zero-order chi connectivity index (χ0) is 16.0. The monoisotopic (exact) mass is 293 g/mol. The van der Waals surface area contributed by atoms with Crippen molar-refractivity contribution >= 4 is 12.4 Å². The molecule has 2 unspecified atom stereocenters. The highest BCUT2D eigenvalue weighted by atomic mass is 16.6. The Hall–Kier alpha value is -1.88. The third kappa shape index (κ3) is 4.29. The number of likely N-dealkylation sites (tertiary alicyclic amines) is 1. The van der Waals surface area contributed by atoms with E-state index < -0.39 is 17.7 Å². The number of hydrogen-bond acceptors (Lipinski definition) is 4. The maximum atomic E-state index is 11.9. The van der Waals surface area contributed by atoms with Crippen molar-refractivity contribution in [2.45, 2.75) is 38.3 Å². The van der Waals surface area contributed by atoms with Crippen LogP contribution >= 0.6 is 0 Å². The number of aldehydes is 1. The second-order valence-corrected chi connectivity index (χ2v) is 5.78. The summed E-state index contributed by atoms with van der Waals surface area (Å²) in [4.78, 5) is 24.6. The Kier molecular flexibility index (Phi) is 5.90. The Labute approximate surface area is 125 Å². The molecule has 0 bridgehead atoms. The first-order chi connectivity index (χ1) is 9.92. The van der Waals surface area contributed by atoms with E-state index in [1.54, 1.807) is 0 Å². The number of nitrogens with zero attached hydrogens (tertiary/aromatic N) is 1. The molecule has 21 heavy (non-hydrogen) atoms. The van der Waals surface area contributed by atoms with Crippen LogP contribution in [0.3, 0.4) is 0 Å². The number of rotatable bonds is 2. The van der Waals surface area contributed by atoms with E-state index in [2.05, 4.69) is 0 Å². The Balaban J connectivity index is 0.00000106. The number of benzene rings is 1. The van der Waals surface area contributed by atoms with E-state index >= 15 is 0 Å². The molecule has 1 aliphatic rings. The van der Waals surface area contributed by atoms with Crippen LogP contribution in [-0.4, -0.2) is 47.7 Å². The molecule has 1 aromatic carbocycles. The van der Waals surface area contributed by atoms with Crippen molar-refractivity contribution in [1.82, 2.24) is 4.90 Å². The lowest BCUT2D eigenvalue weighted by Crippen LogP contribution is -2.58. The predicted octanol–water partition coefficient (Wildman–Crippen LogP) is 2.20. The van der Waals surface area contributed by atoms with Gasteiger partial charge in [-0.05, 0) is 26.3 Å². The molecule has 1 aromatic rings. The molecule has 0 aliphatic carbocycles. The lowest BCUT2D eigenvalue weighted by molar-refractivity contribution is -0.117. The summed E-state index contributed by atoms with van der Waals surface area (Å²) in [7, 11) is 1.00. The zero-order valence-corrected chi connectivity index (χ0v) is 12.9. The zero-order valence-electron chi connectivity index (χ0n) is 12.9. The fourth-order valence-corrected chi connectivity index (χ4v) is 2.21. The molecule has 1 amide bonds. The first-order valence-electron chi connectivity index (χ1n) is 6.87. The molecule has 0 saturated carbocycles. The average Bonchev–Trinajstić information content (AvgIpc) is 2.39. The summed E-state index contributed by atoms with van der Waals surface area (Å²) in [5.74, 6) is 0.0752. The van der Waals surface area contributed by atoms with E-state index in [4.69, 9.17) is 9.84 Å². The normalized spacial score (nSPS) is 20.7. The smallest absolute Gasteiger partial charge is 0.410 e. The number of carbonyl (C=O) groups excluding carboxylic acids is 2. The lowest BCUT2D eigenvalue weighted by Gasteiger charge is -2.45. The summed E-state index contributed by atoms with van der Waals surface area (Å²) in [5.41, 5.74) is 0.543. The Morgan fingerprint density at radius 2 is 1.86 bits per heavy atom. The average molecular weight is 293 g/mol. The maximum absolute atomic E-state index is 11.9. The largest absolute Gasteiger partial charge is 0.444 e. The summed E-state index contributed by atoms with van der Waals surface area (Å²) >= 11 is 0. The van der Waals surface area contributed by atoms with Crippen LogP contribution in [0.2, 0.25) is 0 Å². The molecule has 5 heteroatoms. The third-order valence-electron chi connectivity index (χ3n) is 3.16. The Morgan fingerprint density at radius 1 is 1.29 bits per heavy atom. The van der Waals surface area contributed by atoms with Crippen molar-refractivity contribution in [2.75, 3.05) is 13.7 Å². The first-order valence-corrected chi connectivity index (χ1v) is 6.87. The van der Waals surface area contributed by atoms with Gasteiger partial charge in [-0.25, -0.2) is 4.79 Å². The molecule has 5 nitrogen and oxygen atoms in total. The highest BCUT2D eigenvalue weighted by molar-refractivity contribution is 5.77. The van der Waals surface area contributed by atoms with E-state index in [1.165, 1.54) is 4.90 Å². The molecule has 116 valence electrons. The molecule has 0 spiro atoms. The van der Waals surface area contributed by atoms with Gasteiger partial charge in [-0.2, -0.15) is 0 Å². The molecule has 2 rings (SSSR count). The summed E-state index contributed by atoms with van der Waals surface area (Å²) in [6.07, 6.45) is 0.405. The predicted molar refractivity (Wildman–Crippen MR) is 80.1 cm³/mol. The highest BCUT2D eigenvalue weighted by Crippen LogP contribution is 2.34. The van der Waals surface area contributed by atoms with Gasteiger partial charge in [-0.1, -0.05) is 30.3 Å². The molecule has 1 aliphatic heterocycles. The minimum absolute atomic E-state index is 0.0752. The fraction of sp³-hybridized carbons (Fsp3) is 0.500. The maximum Gasteiger partial charge on any atom is 0.410 e. The summed E-state index contributed by atoms with van der Waals surface area (Å²) in [6, 6.07) is 9.35. The fourth-order valence-electron chi connectivity index (χ4n) is 2.21. The van der Waals surface area contributed by atoms with Gasteiger partial charge in [0.2, 0.25) is 0 Å². The van der Waals surface area contributed by atoms with Gasteiger partial charge in [0.1, 0.15) is 11.9 Å². The van der Waals surface area contributed by atoms with Crippen LogP contribution < -0.4 is 0 Å². The van der Waals surface area contributed by atoms with E-state index in [0.29, 0.717) is 6.54 Å². The van der Waals surface area contributed by atoms with E-state index in [0.717, 1.165) is 19.0 Å². The van der Waals surface area contributed by atoms with E-state index in [1.807, 2.05) is 51.1 Å². The highest BCUT2D eigenvalue weighted by Gasteiger charge is 2.44. The summed E-state index contributed by atoms with van der Waals surface area (Å²) in [5, 5.41) is 7.00. The van der Waals surface area contributed by atoms with Gasteiger partial charge in [0.15, 0.2) is 0 Å². The number of carbonyl (C=O) groups is 2. The molecular formula is C16H23NO4. The molecule has 1 fully saturated rings. The van der Waals surface area contributed by atoms with Crippen LogP contribution in [-0.2, 0) is 9.53 Å². The second-order valence-electron chi connectivity index (χ2n) is 5.78. The standard InChI is InChI=1S/C15H19NO3.CH4O/c1-15(2,3)19-14(18)16-9-12(13(16)10-17)11-7-5-4-6-8-11;1-2/h4-8,10,12-13H,9H2,1-3H3;2H,1H3. The van der Waals surface area contributed by atoms with E-state index in [9.17, 15) is 9.59 Å². The van der Waals surface area contributed by atoms with Gasteiger partial charge in [-0.15, -0.1) is 0 Å². The summed E-state index contributed by atoms with van der Waals surface area (Å²) in [6.45, 7) is 5.97. The first kappa shape index (κ1) is 17.2. The van der Waals surface area contributed by atoms with Crippen LogP contribution in [0.25, 0.3) is 0 Å². The van der Waals surface area contributed by atoms with Gasteiger partial charge in [0.25, 0.3) is 0 Å². The van der Waals surface area contributed by atoms with Gasteiger partial charge in [0, 0.05) is 19.6 Å². The van der Waals surface area contributed by atoms with E-state index in [-0.39, 0.29) is 5.92 Å². The number of hydrogen-bond donors (Lipinski definition) is 1. The number of aliphatic hydroxyl groups is 1. The summed E-state index contributed by atoms with van der Waals surface area (Å²) < 4.78 is 5.29. The molecular weight excluding hydrogens is 270 g/mol. The molecule has 0 radical (unpaired) electrons. The van der Waals surface area contributed by atoms with Gasteiger partial charge < -0.3 is 14.6 Å². The van der Waals surface area contributed by atoms with Crippen LogP contribution in [0.1, 0.15) is 32.3 Å². The van der Waals surface area contributed by atoms with Crippen molar-refractivity contribution in [2.24, 2.45) is 0 Å². The van der Waals surface area contributed by atoms with Crippen molar-refractivity contribution < 1.29 is 19.4 Å². The van der Waals surface area contributed by atoms with Gasteiger partial charge in [0.05, 0.1) is 6.04 Å². The lowest BCUT2D eigenvalue weighted by atomic mass is 9.84. The Morgan fingerprint density at radius 3 is 2.33 bits per heavy atom. The van der Waals surface area contributed by atoms with Crippen LogP contribution in [0.5, 0.6) is 0 Å². The van der Waals surface area contributed by atoms with Gasteiger partial charge in [-0.3, -0.25) is 4.90 Å². The topological polar surface area (TPSA) is 66.8 Å². The molecule has 1 N–H and O–H groups in total. The van der Waals surface area contributed by atoms with Crippen molar-refractivity contribution in [3.05, 3.63) is 35.9 Å². The molecule has 2 atom stereocenters. The van der Waals surface area contributed by atoms with Gasteiger partial charge >= 0.3 is 6.09 Å². The SMILES string of the molecule is CC(C)(C)OC(=O)N1CC(c2ccccc2)C1C=O.CO. The number of amides is 1. The number of aliphatic hydroxyl groups excluding tert-OH is 1. The minimum atomic E-state index is -0.539. The molecule has 1 saturated heterocycles. The quantitative estimate of drug-likeness (QED) is 0.849. The minimum Gasteiger partial charge on any atom is -0.444 e. The van der Waals surface area contributed by atoms with Crippen molar-refractivity contribution in [3.8, 4) is 0 Å². The van der Waals surface area contributed by atoms with Crippen molar-refractivity contribution in [3.63, 3.8) is 0 Å². The van der Waals surface area contributed by atoms with Crippen LogP contribution in [0.4, 0.5) is 4.79 Å². The van der Waals surface area contributed by atoms with Crippen LogP contribution in [0, 0.1) is 0 Å². The van der Waals surface area contributed by atoms with Crippen LogP contribution in [0.15, 0.2) is 30.3 Å². The second kappa shape index (κ2) is 7.22. The Bertz CT molecular complexity index is 467. The number of ether oxygens (including phenoxy) is 1. The third-order valence-corrected chi connectivity index (χ3v) is 3.16.